The molecule has 2 aromatic carbocycles. The molecule has 0 aliphatic rings. The zero-order valence-corrected chi connectivity index (χ0v) is 11.0. The first kappa shape index (κ1) is 13.3. The van der Waals surface area contributed by atoms with Crippen molar-refractivity contribution in [2.45, 2.75) is 0 Å². The van der Waals surface area contributed by atoms with Gasteiger partial charge in [0.2, 0.25) is 0 Å². The van der Waals surface area contributed by atoms with E-state index >= 15 is 0 Å². The van der Waals surface area contributed by atoms with Crippen LogP contribution in [0.4, 0.5) is 0 Å². The molecule has 0 saturated heterocycles. The van der Waals surface area contributed by atoms with Crippen LogP contribution in [0.2, 0.25) is 5.02 Å². The highest BCUT2D eigenvalue weighted by Gasteiger charge is 2.21. The second kappa shape index (κ2) is 5.67. The number of rotatable bonds is 3. The van der Waals surface area contributed by atoms with Gasteiger partial charge in [-0.05, 0) is 12.1 Å². The van der Waals surface area contributed by atoms with Crippen molar-refractivity contribution in [3.05, 3.63) is 70.2 Å². The summed E-state index contributed by atoms with van der Waals surface area (Å²) in [6, 6.07) is 13.4. The van der Waals surface area contributed by atoms with E-state index in [1.54, 1.807) is 36.4 Å². The van der Waals surface area contributed by atoms with E-state index in [-0.39, 0.29) is 21.9 Å². The van der Waals surface area contributed by atoms with Crippen LogP contribution in [0.5, 0.6) is 0 Å². The number of ketones is 1. The molecular formula is C15H11ClO3. The Bertz CT molecular complexity index is 621. The van der Waals surface area contributed by atoms with Crippen LogP contribution in [0.25, 0.3) is 0 Å². The molecule has 0 spiro atoms. The van der Waals surface area contributed by atoms with Gasteiger partial charge in [-0.25, -0.2) is 4.79 Å². The van der Waals surface area contributed by atoms with Gasteiger partial charge in [-0.2, -0.15) is 0 Å². The standard InChI is InChI=1S/C15H11ClO3/c1-19-15(18)11-8-5-9-12(16)13(11)14(17)10-6-3-2-4-7-10/h2-9H,1H3. The van der Waals surface area contributed by atoms with E-state index in [0.717, 1.165) is 0 Å². The van der Waals surface area contributed by atoms with Crippen molar-refractivity contribution < 1.29 is 14.3 Å². The Morgan fingerprint density at radius 2 is 1.68 bits per heavy atom. The highest BCUT2D eigenvalue weighted by Crippen LogP contribution is 2.24. The fourth-order valence-corrected chi connectivity index (χ4v) is 2.03. The second-order valence-corrected chi connectivity index (χ2v) is 4.26. The molecule has 0 unspecified atom stereocenters. The smallest absolute Gasteiger partial charge is 0.338 e. The van der Waals surface area contributed by atoms with E-state index < -0.39 is 5.97 Å². The summed E-state index contributed by atoms with van der Waals surface area (Å²) in [5.74, 6) is -0.881. The maximum Gasteiger partial charge on any atom is 0.338 e. The normalized spacial score (nSPS) is 10.0. The van der Waals surface area contributed by atoms with Gasteiger partial charge in [0.05, 0.1) is 23.3 Å². The number of hydrogen-bond donors (Lipinski definition) is 0. The van der Waals surface area contributed by atoms with Crippen molar-refractivity contribution in [2.75, 3.05) is 7.11 Å². The zero-order valence-electron chi connectivity index (χ0n) is 10.2. The van der Waals surface area contributed by atoms with E-state index in [1.807, 2.05) is 6.07 Å². The molecule has 0 N–H and O–H groups in total. The molecule has 0 fully saturated rings. The Hall–Kier alpha value is -2.13. The van der Waals surface area contributed by atoms with Crippen molar-refractivity contribution in [3.8, 4) is 0 Å². The number of carbonyl (C=O) groups excluding carboxylic acids is 2. The second-order valence-electron chi connectivity index (χ2n) is 3.85. The van der Waals surface area contributed by atoms with Crippen LogP contribution < -0.4 is 0 Å². The van der Waals surface area contributed by atoms with E-state index in [4.69, 9.17) is 11.6 Å². The minimum Gasteiger partial charge on any atom is -0.465 e. The van der Waals surface area contributed by atoms with Gasteiger partial charge in [0.25, 0.3) is 0 Å². The summed E-state index contributed by atoms with van der Waals surface area (Å²) in [7, 11) is 1.26. The first-order chi connectivity index (χ1) is 9.15. The lowest BCUT2D eigenvalue weighted by Crippen LogP contribution is -2.12. The number of halogens is 1. The monoisotopic (exact) mass is 274 g/mol. The average Bonchev–Trinajstić information content (AvgIpc) is 2.46. The molecule has 0 bridgehead atoms. The maximum atomic E-state index is 12.4. The highest BCUT2D eigenvalue weighted by molar-refractivity contribution is 6.36. The lowest BCUT2D eigenvalue weighted by molar-refractivity contribution is 0.0597. The topological polar surface area (TPSA) is 43.4 Å². The van der Waals surface area contributed by atoms with Crippen molar-refractivity contribution in [2.24, 2.45) is 0 Å². The predicted octanol–water partition coefficient (Wildman–Crippen LogP) is 3.36. The van der Waals surface area contributed by atoms with E-state index in [2.05, 4.69) is 4.74 Å². The molecule has 0 amide bonds. The van der Waals surface area contributed by atoms with Crippen LogP contribution in [0.3, 0.4) is 0 Å². The molecule has 0 atom stereocenters. The predicted molar refractivity (Wildman–Crippen MR) is 72.7 cm³/mol. The van der Waals surface area contributed by atoms with Gasteiger partial charge in [-0.3, -0.25) is 4.79 Å². The van der Waals surface area contributed by atoms with Gasteiger partial charge in [-0.1, -0.05) is 48.0 Å². The third kappa shape index (κ3) is 2.66. The summed E-state index contributed by atoms with van der Waals surface area (Å²) in [6.07, 6.45) is 0. The molecule has 19 heavy (non-hydrogen) atoms. The Labute approximate surface area is 115 Å². The van der Waals surface area contributed by atoms with Crippen LogP contribution in [0.15, 0.2) is 48.5 Å². The number of ether oxygens (including phenoxy) is 1. The third-order valence-corrected chi connectivity index (χ3v) is 3.00. The van der Waals surface area contributed by atoms with Gasteiger partial charge in [0.15, 0.2) is 5.78 Å². The molecular weight excluding hydrogens is 264 g/mol. The third-order valence-electron chi connectivity index (χ3n) is 2.68. The van der Waals surface area contributed by atoms with Crippen LogP contribution in [0.1, 0.15) is 26.3 Å². The molecule has 4 heteroatoms. The van der Waals surface area contributed by atoms with Gasteiger partial charge < -0.3 is 4.74 Å². The van der Waals surface area contributed by atoms with Crippen LogP contribution >= 0.6 is 11.6 Å². The lowest BCUT2D eigenvalue weighted by atomic mass is 9.98. The largest absolute Gasteiger partial charge is 0.465 e. The quantitative estimate of drug-likeness (QED) is 0.637. The van der Waals surface area contributed by atoms with Crippen molar-refractivity contribution in [1.82, 2.24) is 0 Å². The fraction of sp³-hybridized carbons (Fsp3) is 0.0667. The maximum absolute atomic E-state index is 12.4. The van der Waals surface area contributed by atoms with Crippen LogP contribution in [-0.4, -0.2) is 18.9 Å². The van der Waals surface area contributed by atoms with Crippen LogP contribution in [-0.2, 0) is 4.74 Å². The molecule has 0 radical (unpaired) electrons. The molecule has 0 aliphatic carbocycles. The number of benzene rings is 2. The number of hydrogen-bond acceptors (Lipinski definition) is 3. The lowest BCUT2D eigenvalue weighted by Gasteiger charge is -2.09. The number of carbonyl (C=O) groups is 2. The van der Waals surface area contributed by atoms with E-state index in [9.17, 15) is 9.59 Å². The fourth-order valence-electron chi connectivity index (χ4n) is 1.77. The van der Waals surface area contributed by atoms with Gasteiger partial charge in [0.1, 0.15) is 0 Å². The van der Waals surface area contributed by atoms with Gasteiger partial charge in [-0.15, -0.1) is 0 Å². The average molecular weight is 275 g/mol. The molecule has 96 valence electrons. The first-order valence-electron chi connectivity index (χ1n) is 5.61. The minimum atomic E-state index is -0.582. The summed E-state index contributed by atoms with van der Waals surface area (Å²) in [5.41, 5.74) is 0.812. The molecule has 0 saturated carbocycles. The molecule has 3 nitrogen and oxygen atoms in total. The van der Waals surface area contributed by atoms with E-state index in [1.165, 1.54) is 13.2 Å². The molecule has 0 heterocycles. The van der Waals surface area contributed by atoms with Crippen molar-refractivity contribution >= 4 is 23.4 Å². The number of methoxy groups -OCH3 is 1. The Balaban J connectivity index is 2.56. The summed E-state index contributed by atoms with van der Waals surface area (Å²) in [4.78, 5) is 24.1. The zero-order chi connectivity index (χ0) is 13.8. The van der Waals surface area contributed by atoms with Crippen molar-refractivity contribution in [1.29, 1.82) is 0 Å². The molecule has 2 rings (SSSR count). The summed E-state index contributed by atoms with van der Waals surface area (Å²) in [6.45, 7) is 0. The Morgan fingerprint density at radius 1 is 1.00 bits per heavy atom. The van der Waals surface area contributed by atoms with Crippen LogP contribution in [0, 0.1) is 0 Å². The Morgan fingerprint density at radius 3 is 2.32 bits per heavy atom. The summed E-state index contributed by atoms with van der Waals surface area (Å²) < 4.78 is 4.67. The molecule has 0 aliphatic heterocycles. The molecule has 2 aromatic rings. The first-order valence-corrected chi connectivity index (χ1v) is 5.99. The molecule has 0 aromatic heterocycles. The minimum absolute atomic E-state index is 0.169. The number of esters is 1. The van der Waals surface area contributed by atoms with Gasteiger partial charge >= 0.3 is 5.97 Å². The summed E-state index contributed by atoms with van der Waals surface area (Å²) in [5, 5.41) is 0.233. The summed E-state index contributed by atoms with van der Waals surface area (Å²) >= 11 is 6.05. The Kier molecular flexibility index (Phi) is 3.97. The van der Waals surface area contributed by atoms with Crippen molar-refractivity contribution in [3.63, 3.8) is 0 Å². The van der Waals surface area contributed by atoms with Gasteiger partial charge in [0, 0.05) is 5.56 Å². The van der Waals surface area contributed by atoms with E-state index in [0.29, 0.717) is 5.56 Å². The highest BCUT2D eigenvalue weighted by atomic mass is 35.5. The SMILES string of the molecule is COC(=O)c1cccc(Cl)c1C(=O)c1ccccc1.